The van der Waals surface area contributed by atoms with Gasteiger partial charge in [0, 0.05) is 39.6 Å². The summed E-state index contributed by atoms with van der Waals surface area (Å²) in [5.74, 6) is -0.372. The summed E-state index contributed by atoms with van der Waals surface area (Å²) in [6, 6.07) is 3.52. The average molecular weight is 279 g/mol. The van der Waals surface area contributed by atoms with Crippen molar-refractivity contribution in [2.75, 3.05) is 39.2 Å². The molecular formula is C14H21N3O3. The van der Waals surface area contributed by atoms with Crippen molar-refractivity contribution in [1.82, 2.24) is 9.88 Å². The van der Waals surface area contributed by atoms with Crippen molar-refractivity contribution in [3.05, 3.63) is 24.0 Å². The van der Waals surface area contributed by atoms with Crippen molar-refractivity contribution in [2.24, 2.45) is 0 Å². The van der Waals surface area contributed by atoms with Crippen molar-refractivity contribution in [3.63, 3.8) is 0 Å². The monoisotopic (exact) mass is 279 g/mol. The van der Waals surface area contributed by atoms with E-state index in [0.29, 0.717) is 25.3 Å². The molecule has 6 heteroatoms. The highest BCUT2D eigenvalue weighted by atomic mass is 16.5. The normalized spacial score (nSPS) is 10.0. The molecule has 0 fully saturated rings. The summed E-state index contributed by atoms with van der Waals surface area (Å²) in [5, 5.41) is 0. The summed E-state index contributed by atoms with van der Waals surface area (Å²) in [4.78, 5) is 30.6. The Hall–Kier alpha value is -2.11. The fourth-order valence-electron chi connectivity index (χ4n) is 1.62. The van der Waals surface area contributed by atoms with Gasteiger partial charge in [-0.05, 0) is 19.1 Å². The molecule has 0 saturated heterocycles. The molecule has 0 spiro atoms. The van der Waals surface area contributed by atoms with Crippen molar-refractivity contribution >= 4 is 17.6 Å². The molecule has 0 atom stereocenters. The third-order valence-electron chi connectivity index (χ3n) is 2.77. The second-order valence-corrected chi connectivity index (χ2v) is 4.58. The lowest BCUT2D eigenvalue weighted by molar-refractivity contribution is -0.142. The number of anilines is 1. The molecule has 1 aromatic rings. The van der Waals surface area contributed by atoms with E-state index in [9.17, 15) is 9.59 Å². The summed E-state index contributed by atoms with van der Waals surface area (Å²) in [6.45, 7) is 2.70. The lowest BCUT2D eigenvalue weighted by atomic mass is 10.2. The van der Waals surface area contributed by atoms with Gasteiger partial charge >= 0.3 is 5.97 Å². The second-order valence-electron chi connectivity index (χ2n) is 4.58. The van der Waals surface area contributed by atoms with Gasteiger partial charge in [0.1, 0.15) is 5.69 Å². The van der Waals surface area contributed by atoms with E-state index in [0.717, 1.165) is 5.69 Å². The van der Waals surface area contributed by atoms with Gasteiger partial charge in [0.25, 0.3) is 5.91 Å². The summed E-state index contributed by atoms with van der Waals surface area (Å²) < 4.78 is 4.88. The molecular weight excluding hydrogens is 258 g/mol. The van der Waals surface area contributed by atoms with Gasteiger partial charge in [-0.15, -0.1) is 0 Å². The molecule has 1 aromatic heterocycles. The number of nitrogens with zero attached hydrogens (tertiary/aromatic N) is 3. The summed E-state index contributed by atoms with van der Waals surface area (Å²) in [5.41, 5.74) is 1.23. The number of carbonyl (C=O) groups is 2. The minimum absolute atomic E-state index is 0.148. The fraction of sp³-hybridized carbons (Fsp3) is 0.500. The van der Waals surface area contributed by atoms with Gasteiger partial charge in [-0.2, -0.15) is 0 Å². The number of amides is 1. The van der Waals surface area contributed by atoms with Crippen LogP contribution in [0.3, 0.4) is 0 Å². The highest BCUT2D eigenvalue weighted by Crippen LogP contribution is 2.14. The van der Waals surface area contributed by atoms with E-state index >= 15 is 0 Å². The van der Waals surface area contributed by atoms with Crippen LogP contribution in [0.2, 0.25) is 0 Å². The maximum atomic E-state index is 11.8. The van der Waals surface area contributed by atoms with Crippen LogP contribution in [0.25, 0.3) is 0 Å². The zero-order valence-electron chi connectivity index (χ0n) is 12.4. The molecule has 0 saturated carbocycles. The lowest BCUT2D eigenvalue weighted by Gasteiger charge is -2.19. The van der Waals surface area contributed by atoms with Gasteiger partial charge in [0.05, 0.1) is 13.0 Å². The predicted molar refractivity (Wildman–Crippen MR) is 76.8 cm³/mol. The maximum absolute atomic E-state index is 11.8. The molecule has 0 N–H and O–H groups in total. The fourth-order valence-corrected chi connectivity index (χ4v) is 1.62. The number of rotatable bonds is 6. The number of ether oxygens (including phenoxy) is 1. The first-order valence-corrected chi connectivity index (χ1v) is 6.50. The molecule has 20 heavy (non-hydrogen) atoms. The van der Waals surface area contributed by atoms with E-state index in [4.69, 9.17) is 4.74 Å². The SMILES string of the molecule is CCOC(=O)CCN(C)c1ccnc(C(=O)N(C)C)c1. The minimum atomic E-state index is -0.224. The van der Waals surface area contributed by atoms with Crippen molar-refractivity contribution < 1.29 is 14.3 Å². The van der Waals surface area contributed by atoms with Crippen LogP contribution in [0.5, 0.6) is 0 Å². The molecule has 0 radical (unpaired) electrons. The van der Waals surface area contributed by atoms with Gasteiger partial charge < -0.3 is 14.5 Å². The first-order valence-electron chi connectivity index (χ1n) is 6.50. The van der Waals surface area contributed by atoms with E-state index in [1.807, 2.05) is 11.9 Å². The predicted octanol–water partition coefficient (Wildman–Crippen LogP) is 1.17. The molecule has 1 rings (SSSR count). The molecule has 0 unspecified atom stereocenters. The van der Waals surface area contributed by atoms with E-state index < -0.39 is 0 Å². The van der Waals surface area contributed by atoms with Crippen LogP contribution in [0.4, 0.5) is 5.69 Å². The highest BCUT2D eigenvalue weighted by Gasteiger charge is 2.12. The Balaban J connectivity index is 2.69. The molecule has 0 aliphatic rings. The smallest absolute Gasteiger partial charge is 0.307 e. The standard InChI is InChI=1S/C14H21N3O3/c1-5-20-13(18)7-9-17(4)11-6-8-15-12(10-11)14(19)16(2)3/h6,8,10H,5,7,9H2,1-4H3. The van der Waals surface area contributed by atoms with E-state index in [-0.39, 0.29) is 11.9 Å². The summed E-state index contributed by atoms with van der Waals surface area (Å²) in [6.07, 6.45) is 1.90. The number of pyridine rings is 1. The van der Waals surface area contributed by atoms with Gasteiger partial charge in [0.2, 0.25) is 0 Å². The quantitative estimate of drug-likeness (QED) is 0.732. The number of hydrogen-bond acceptors (Lipinski definition) is 5. The molecule has 110 valence electrons. The van der Waals surface area contributed by atoms with Crippen LogP contribution < -0.4 is 4.90 Å². The molecule has 0 aliphatic carbocycles. The van der Waals surface area contributed by atoms with Gasteiger partial charge in [-0.1, -0.05) is 0 Å². The van der Waals surface area contributed by atoms with E-state index in [2.05, 4.69) is 4.98 Å². The Kier molecular flexibility index (Phi) is 5.96. The average Bonchev–Trinajstić information content (AvgIpc) is 2.44. The Labute approximate surface area is 119 Å². The van der Waals surface area contributed by atoms with Crippen molar-refractivity contribution in [1.29, 1.82) is 0 Å². The van der Waals surface area contributed by atoms with Crippen LogP contribution >= 0.6 is 0 Å². The minimum Gasteiger partial charge on any atom is -0.466 e. The lowest BCUT2D eigenvalue weighted by Crippen LogP contribution is -2.25. The first-order chi connectivity index (χ1) is 9.45. The molecule has 0 aliphatic heterocycles. The van der Waals surface area contributed by atoms with Crippen LogP contribution in [-0.4, -0.2) is 56.1 Å². The Morgan fingerprint density at radius 2 is 2.00 bits per heavy atom. The van der Waals surface area contributed by atoms with E-state index in [1.54, 1.807) is 39.3 Å². The first kappa shape index (κ1) is 15.9. The zero-order valence-corrected chi connectivity index (χ0v) is 12.4. The van der Waals surface area contributed by atoms with Crippen LogP contribution in [0.1, 0.15) is 23.8 Å². The molecule has 1 amide bonds. The number of carbonyl (C=O) groups excluding carboxylic acids is 2. The largest absolute Gasteiger partial charge is 0.466 e. The van der Waals surface area contributed by atoms with Gasteiger partial charge in [-0.3, -0.25) is 14.6 Å². The van der Waals surface area contributed by atoms with Gasteiger partial charge in [0.15, 0.2) is 0 Å². The Morgan fingerprint density at radius 1 is 1.30 bits per heavy atom. The van der Waals surface area contributed by atoms with E-state index in [1.165, 1.54) is 4.90 Å². The topological polar surface area (TPSA) is 62.7 Å². The maximum Gasteiger partial charge on any atom is 0.307 e. The third-order valence-corrected chi connectivity index (χ3v) is 2.77. The molecule has 0 aromatic carbocycles. The Morgan fingerprint density at radius 3 is 2.60 bits per heavy atom. The highest BCUT2D eigenvalue weighted by molar-refractivity contribution is 5.92. The molecule has 6 nitrogen and oxygen atoms in total. The summed E-state index contributed by atoms with van der Waals surface area (Å²) >= 11 is 0. The number of esters is 1. The molecule has 1 heterocycles. The van der Waals surface area contributed by atoms with Gasteiger partial charge in [-0.25, -0.2) is 0 Å². The number of hydrogen-bond donors (Lipinski definition) is 0. The van der Waals surface area contributed by atoms with Crippen LogP contribution in [0, 0.1) is 0 Å². The van der Waals surface area contributed by atoms with Crippen molar-refractivity contribution in [3.8, 4) is 0 Å². The Bertz CT molecular complexity index is 474. The summed E-state index contributed by atoms with van der Waals surface area (Å²) in [7, 11) is 5.22. The molecule has 0 bridgehead atoms. The van der Waals surface area contributed by atoms with Crippen LogP contribution in [-0.2, 0) is 9.53 Å². The van der Waals surface area contributed by atoms with Crippen LogP contribution in [0.15, 0.2) is 18.3 Å². The number of aromatic nitrogens is 1. The van der Waals surface area contributed by atoms with Crippen molar-refractivity contribution in [2.45, 2.75) is 13.3 Å². The third kappa shape index (κ3) is 4.53. The zero-order chi connectivity index (χ0) is 15.1. The second kappa shape index (κ2) is 7.47.